The van der Waals surface area contributed by atoms with Crippen molar-refractivity contribution in [3.8, 4) is 0 Å². The van der Waals surface area contributed by atoms with Crippen molar-refractivity contribution in [3.63, 3.8) is 0 Å². The van der Waals surface area contributed by atoms with E-state index < -0.39 is 0 Å². The number of nitrogens with zero attached hydrogens (tertiary/aromatic N) is 3. The lowest BCUT2D eigenvalue weighted by Gasteiger charge is -2.22. The highest BCUT2D eigenvalue weighted by Crippen LogP contribution is 2.24. The number of hydrogen-bond acceptors (Lipinski definition) is 6. The Labute approximate surface area is 115 Å². The highest BCUT2D eigenvalue weighted by atomic mass is 16.5. The lowest BCUT2D eigenvalue weighted by molar-refractivity contribution is 0.154. The molecule has 0 saturated carbocycles. The summed E-state index contributed by atoms with van der Waals surface area (Å²) in [5.41, 5.74) is 3.59. The first-order chi connectivity index (χ1) is 9.01. The van der Waals surface area contributed by atoms with E-state index in [0.29, 0.717) is 12.4 Å². The van der Waals surface area contributed by atoms with Crippen LogP contribution in [0.2, 0.25) is 0 Å². The smallest absolute Gasteiger partial charge is 0.148 e. The average molecular weight is 267 g/mol. The third kappa shape index (κ3) is 4.04. The fourth-order valence-electron chi connectivity index (χ4n) is 1.74. The Morgan fingerprint density at radius 3 is 2.58 bits per heavy atom. The van der Waals surface area contributed by atoms with Gasteiger partial charge in [0.25, 0.3) is 0 Å². The molecule has 0 aromatic carbocycles. The number of hydrazine groups is 1. The van der Waals surface area contributed by atoms with Gasteiger partial charge in [0.2, 0.25) is 0 Å². The average Bonchev–Trinajstić information content (AvgIpc) is 2.38. The number of nitrogen functional groups attached to an aromatic ring is 1. The Morgan fingerprint density at radius 2 is 2.05 bits per heavy atom. The van der Waals surface area contributed by atoms with Crippen molar-refractivity contribution in [2.75, 3.05) is 37.1 Å². The largest absolute Gasteiger partial charge is 0.380 e. The monoisotopic (exact) mass is 267 g/mol. The summed E-state index contributed by atoms with van der Waals surface area (Å²) >= 11 is 0. The molecule has 6 heteroatoms. The second kappa shape index (κ2) is 7.25. The summed E-state index contributed by atoms with van der Waals surface area (Å²) in [5.74, 6) is 8.14. The molecule has 1 aromatic heterocycles. The molecule has 1 rings (SSSR count). The summed E-state index contributed by atoms with van der Waals surface area (Å²) in [4.78, 5) is 11.1. The summed E-state index contributed by atoms with van der Waals surface area (Å²) in [5, 5.41) is 0. The highest BCUT2D eigenvalue weighted by Gasteiger charge is 2.15. The van der Waals surface area contributed by atoms with Gasteiger partial charge in [-0.2, -0.15) is 0 Å². The normalized spacial score (nSPS) is 10.9. The summed E-state index contributed by atoms with van der Waals surface area (Å²) in [7, 11) is 2.00. The predicted octanol–water partition coefficient (Wildman–Crippen LogP) is 1.67. The van der Waals surface area contributed by atoms with Crippen molar-refractivity contribution in [2.45, 2.75) is 33.6 Å². The fraction of sp³-hybridized carbons (Fsp3) is 0.692. The van der Waals surface area contributed by atoms with E-state index in [1.807, 2.05) is 20.9 Å². The minimum atomic E-state index is 0.256. The molecule has 0 saturated heterocycles. The van der Waals surface area contributed by atoms with Crippen LogP contribution >= 0.6 is 0 Å². The van der Waals surface area contributed by atoms with Crippen molar-refractivity contribution >= 4 is 11.6 Å². The van der Waals surface area contributed by atoms with E-state index in [2.05, 4.69) is 34.1 Å². The maximum Gasteiger partial charge on any atom is 0.148 e. The SMILES string of the molecule is CCOCCN(C)c1nc(C(C)C)nc(NN)c1C. The number of ether oxygens (including phenoxy) is 1. The molecule has 6 nitrogen and oxygen atoms in total. The van der Waals surface area contributed by atoms with E-state index in [9.17, 15) is 0 Å². The van der Waals surface area contributed by atoms with Crippen molar-refractivity contribution in [1.82, 2.24) is 9.97 Å². The molecule has 19 heavy (non-hydrogen) atoms. The van der Waals surface area contributed by atoms with Crippen molar-refractivity contribution in [2.24, 2.45) is 5.84 Å². The van der Waals surface area contributed by atoms with Gasteiger partial charge in [-0.1, -0.05) is 13.8 Å². The van der Waals surface area contributed by atoms with E-state index in [-0.39, 0.29) is 5.92 Å². The molecule has 0 radical (unpaired) electrons. The number of rotatable bonds is 7. The number of nitrogens with one attached hydrogen (secondary N) is 1. The zero-order chi connectivity index (χ0) is 14.4. The molecule has 1 aromatic rings. The maximum atomic E-state index is 5.53. The predicted molar refractivity (Wildman–Crippen MR) is 78.4 cm³/mol. The molecular weight excluding hydrogens is 242 g/mol. The van der Waals surface area contributed by atoms with Crippen molar-refractivity contribution in [1.29, 1.82) is 0 Å². The van der Waals surface area contributed by atoms with Crippen molar-refractivity contribution < 1.29 is 4.74 Å². The first-order valence-electron chi connectivity index (χ1n) is 6.65. The van der Waals surface area contributed by atoms with E-state index in [4.69, 9.17) is 10.6 Å². The number of aromatic nitrogens is 2. The van der Waals surface area contributed by atoms with Crippen molar-refractivity contribution in [3.05, 3.63) is 11.4 Å². The zero-order valence-corrected chi connectivity index (χ0v) is 12.5. The van der Waals surface area contributed by atoms with E-state index >= 15 is 0 Å². The van der Waals surface area contributed by atoms with Gasteiger partial charge in [-0.15, -0.1) is 0 Å². The lowest BCUT2D eigenvalue weighted by atomic mass is 10.2. The molecule has 0 aliphatic heterocycles. The van der Waals surface area contributed by atoms with Gasteiger partial charge in [0, 0.05) is 31.7 Å². The highest BCUT2D eigenvalue weighted by molar-refractivity contribution is 5.58. The van der Waals surface area contributed by atoms with Crippen LogP contribution in [0.5, 0.6) is 0 Å². The summed E-state index contributed by atoms with van der Waals surface area (Å²) < 4.78 is 5.37. The van der Waals surface area contributed by atoms with Gasteiger partial charge in [0.05, 0.1) is 6.61 Å². The molecule has 1 heterocycles. The van der Waals surface area contributed by atoms with E-state index in [1.54, 1.807) is 0 Å². The number of hydrogen-bond donors (Lipinski definition) is 2. The van der Waals surface area contributed by atoms with E-state index in [1.165, 1.54) is 0 Å². The van der Waals surface area contributed by atoms with Crippen LogP contribution in [-0.2, 0) is 4.74 Å². The van der Waals surface area contributed by atoms with Crippen LogP contribution in [0.25, 0.3) is 0 Å². The molecule has 0 bridgehead atoms. The Bertz CT molecular complexity index is 408. The van der Waals surface area contributed by atoms with Gasteiger partial charge in [0.1, 0.15) is 17.5 Å². The molecule has 0 unspecified atom stereocenters. The van der Waals surface area contributed by atoms with Crippen LogP contribution in [0, 0.1) is 6.92 Å². The van der Waals surface area contributed by atoms with E-state index in [0.717, 1.165) is 30.4 Å². The molecule has 0 spiro atoms. The topological polar surface area (TPSA) is 76.3 Å². The molecule has 108 valence electrons. The second-order valence-corrected chi connectivity index (χ2v) is 4.80. The summed E-state index contributed by atoms with van der Waals surface area (Å²) in [6.07, 6.45) is 0. The van der Waals surface area contributed by atoms with Gasteiger partial charge in [-0.05, 0) is 13.8 Å². The van der Waals surface area contributed by atoms with Crippen LogP contribution in [0.15, 0.2) is 0 Å². The van der Waals surface area contributed by atoms with Gasteiger partial charge < -0.3 is 15.1 Å². The van der Waals surface area contributed by atoms with Gasteiger partial charge >= 0.3 is 0 Å². The van der Waals surface area contributed by atoms with Crippen LogP contribution in [0.4, 0.5) is 11.6 Å². The molecule has 0 atom stereocenters. The third-order valence-corrected chi connectivity index (χ3v) is 2.93. The minimum Gasteiger partial charge on any atom is -0.380 e. The Kier molecular flexibility index (Phi) is 5.98. The molecule has 3 N–H and O–H groups in total. The minimum absolute atomic E-state index is 0.256. The Morgan fingerprint density at radius 1 is 1.37 bits per heavy atom. The zero-order valence-electron chi connectivity index (χ0n) is 12.5. The number of anilines is 2. The van der Waals surface area contributed by atoms with Crippen LogP contribution in [-0.4, -0.2) is 36.8 Å². The summed E-state index contributed by atoms with van der Waals surface area (Å²) in [6.45, 7) is 10.3. The molecule has 0 aliphatic carbocycles. The van der Waals surface area contributed by atoms with Crippen LogP contribution in [0.3, 0.4) is 0 Å². The molecule has 0 fully saturated rings. The standard InChI is InChI=1S/C13H25N5O/c1-6-19-8-7-18(5)13-10(4)12(17-14)15-11(16-13)9(2)3/h9H,6-8,14H2,1-5H3,(H,15,16,17). The number of nitrogens with two attached hydrogens (primary N) is 1. The van der Waals surface area contributed by atoms with Gasteiger partial charge in [-0.3, -0.25) is 0 Å². The first-order valence-corrected chi connectivity index (χ1v) is 6.65. The molecule has 0 amide bonds. The quantitative estimate of drug-likeness (QED) is 0.444. The van der Waals surface area contributed by atoms with Gasteiger partial charge in [-0.25, -0.2) is 15.8 Å². The third-order valence-electron chi connectivity index (χ3n) is 2.93. The Balaban J connectivity index is 3.00. The lowest BCUT2D eigenvalue weighted by Crippen LogP contribution is -2.26. The number of likely N-dealkylation sites (N-methyl/N-ethyl adjacent to an activating group) is 1. The molecular formula is C13H25N5O. The van der Waals surface area contributed by atoms with Gasteiger partial charge in [0.15, 0.2) is 0 Å². The van der Waals surface area contributed by atoms with Crippen LogP contribution in [0.1, 0.15) is 38.1 Å². The Hall–Kier alpha value is -1.40. The second-order valence-electron chi connectivity index (χ2n) is 4.80. The van der Waals surface area contributed by atoms with Crippen LogP contribution < -0.4 is 16.2 Å². The summed E-state index contributed by atoms with van der Waals surface area (Å²) in [6, 6.07) is 0. The fourth-order valence-corrected chi connectivity index (χ4v) is 1.74. The maximum absolute atomic E-state index is 5.53. The molecule has 0 aliphatic rings. The first kappa shape index (κ1) is 15.7.